The van der Waals surface area contributed by atoms with Crippen LogP contribution >= 0.6 is 0 Å². The highest BCUT2D eigenvalue weighted by Gasteiger charge is 1.97. The van der Waals surface area contributed by atoms with E-state index in [1.807, 2.05) is 0 Å². The van der Waals surface area contributed by atoms with Crippen LogP contribution in [-0.4, -0.2) is 60.8 Å². The van der Waals surface area contributed by atoms with Crippen LogP contribution in [-0.2, 0) is 15.2 Å². The number of hydrogen-bond acceptors (Lipinski definition) is 3. The van der Waals surface area contributed by atoms with Crippen LogP contribution in [0.25, 0.3) is 0 Å². The summed E-state index contributed by atoms with van der Waals surface area (Å²) in [6.07, 6.45) is 0. The molecule has 8 heteroatoms. The van der Waals surface area contributed by atoms with Gasteiger partial charge >= 0.3 is 16.4 Å². The molecule has 0 amide bonds. The maximum Gasteiger partial charge on any atom is 0.394 e. The van der Waals surface area contributed by atoms with Crippen LogP contribution in [0.3, 0.4) is 0 Å². The zero-order valence-electron chi connectivity index (χ0n) is 10.8. The standard InChI is InChI=1S/C5H14N.C4H6O2.H2O4S/c1-5-6(2,3)4;1-3(2)4(5)6;1-5(2,3)4/h5H2,1-4H3;1H2,2H3,(H,5,6);(H2,1,2,3,4)/q+1;;. The van der Waals surface area contributed by atoms with Crippen molar-refractivity contribution in [1.82, 2.24) is 0 Å². The van der Waals surface area contributed by atoms with Crippen molar-refractivity contribution in [2.24, 2.45) is 0 Å². The second-order valence-electron chi connectivity index (χ2n) is 4.14. The summed E-state index contributed by atoms with van der Waals surface area (Å²) < 4.78 is 32.7. The van der Waals surface area contributed by atoms with Crippen molar-refractivity contribution in [3.8, 4) is 0 Å². The Balaban J connectivity index is -0.000000174. The van der Waals surface area contributed by atoms with Gasteiger partial charge in [0.15, 0.2) is 0 Å². The quantitative estimate of drug-likeness (QED) is 0.387. The molecule has 3 N–H and O–H groups in total. The molecule has 0 saturated heterocycles. The summed E-state index contributed by atoms with van der Waals surface area (Å²) in [6, 6.07) is 0. The van der Waals surface area contributed by atoms with Gasteiger partial charge in [-0.1, -0.05) is 6.58 Å². The third-order valence-corrected chi connectivity index (χ3v) is 1.31. The lowest BCUT2D eigenvalue weighted by Gasteiger charge is -2.20. The van der Waals surface area contributed by atoms with Gasteiger partial charge in [-0.3, -0.25) is 9.11 Å². The number of nitrogens with zero attached hydrogens (tertiary/aromatic N) is 1. The van der Waals surface area contributed by atoms with E-state index in [0.717, 1.165) is 4.48 Å². The Morgan fingerprint density at radius 1 is 1.24 bits per heavy atom. The lowest BCUT2D eigenvalue weighted by Crippen LogP contribution is -2.33. The first-order chi connectivity index (χ1) is 7.20. The van der Waals surface area contributed by atoms with Crippen molar-refractivity contribution in [2.75, 3.05) is 27.7 Å². The number of quaternary nitrogens is 1. The molecular weight excluding hydrogens is 250 g/mol. The summed E-state index contributed by atoms with van der Waals surface area (Å²) in [4.78, 5) is 9.60. The minimum atomic E-state index is -4.67. The van der Waals surface area contributed by atoms with Crippen molar-refractivity contribution in [1.29, 1.82) is 0 Å². The van der Waals surface area contributed by atoms with E-state index in [9.17, 15) is 4.79 Å². The van der Waals surface area contributed by atoms with Gasteiger partial charge in [-0.05, 0) is 13.8 Å². The Labute approximate surface area is 103 Å². The molecule has 0 radical (unpaired) electrons. The topological polar surface area (TPSA) is 112 Å². The normalized spacial score (nSPS) is 10.3. The number of carboxylic acids is 1. The van der Waals surface area contributed by atoms with Crippen molar-refractivity contribution >= 4 is 16.4 Å². The minimum Gasteiger partial charge on any atom is -0.478 e. The highest BCUT2D eigenvalue weighted by atomic mass is 32.3. The second-order valence-corrected chi connectivity index (χ2v) is 5.04. The molecule has 0 heterocycles. The fourth-order valence-corrected chi connectivity index (χ4v) is 0. The molecule has 0 aliphatic carbocycles. The zero-order valence-corrected chi connectivity index (χ0v) is 11.7. The first kappa shape index (κ1) is 21.3. The van der Waals surface area contributed by atoms with E-state index in [4.69, 9.17) is 22.6 Å². The van der Waals surface area contributed by atoms with Gasteiger partial charge in [-0.2, -0.15) is 8.42 Å². The van der Waals surface area contributed by atoms with E-state index >= 15 is 0 Å². The molecule has 0 fully saturated rings. The van der Waals surface area contributed by atoms with E-state index in [1.165, 1.54) is 13.5 Å². The van der Waals surface area contributed by atoms with Gasteiger partial charge < -0.3 is 9.59 Å². The van der Waals surface area contributed by atoms with Gasteiger partial charge in [0, 0.05) is 5.57 Å². The predicted molar refractivity (Wildman–Crippen MR) is 65.2 cm³/mol. The summed E-state index contributed by atoms with van der Waals surface area (Å²) >= 11 is 0. The lowest BCUT2D eigenvalue weighted by molar-refractivity contribution is -0.868. The Bertz CT molecular complexity index is 308. The average Bonchev–Trinajstić information content (AvgIpc) is 2.00. The van der Waals surface area contributed by atoms with Crippen LogP contribution in [0.15, 0.2) is 12.2 Å². The first-order valence-corrected chi connectivity index (χ1v) is 5.99. The van der Waals surface area contributed by atoms with Crippen LogP contribution in [0.1, 0.15) is 13.8 Å². The van der Waals surface area contributed by atoms with E-state index in [-0.39, 0.29) is 5.57 Å². The van der Waals surface area contributed by atoms with Crippen molar-refractivity contribution in [3.63, 3.8) is 0 Å². The second kappa shape index (κ2) is 9.11. The van der Waals surface area contributed by atoms with E-state index in [2.05, 4.69) is 34.6 Å². The molecule has 0 aromatic rings. The zero-order chi connectivity index (χ0) is 14.9. The van der Waals surface area contributed by atoms with Crippen molar-refractivity contribution in [3.05, 3.63) is 12.2 Å². The fraction of sp³-hybridized carbons (Fsp3) is 0.667. The van der Waals surface area contributed by atoms with Crippen LogP contribution < -0.4 is 0 Å². The highest BCUT2D eigenvalue weighted by Crippen LogP contribution is 1.83. The van der Waals surface area contributed by atoms with Gasteiger partial charge in [0.2, 0.25) is 0 Å². The van der Waals surface area contributed by atoms with Crippen LogP contribution in [0.2, 0.25) is 0 Å². The molecule has 0 atom stereocenters. The Kier molecular flexibility index (Phi) is 11.4. The summed E-state index contributed by atoms with van der Waals surface area (Å²) in [5.74, 6) is -0.935. The Morgan fingerprint density at radius 3 is 1.35 bits per heavy atom. The molecule has 0 bridgehead atoms. The van der Waals surface area contributed by atoms with E-state index in [1.54, 1.807) is 0 Å². The third-order valence-electron chi connectivity index (χ3n) is 1.31. The van der Waals surface area contributed by atoms with E-state index in [0.29, 0.717) is 0 Å². The Morgan fingerprint density at radius 2 is 1.35 bits per heavy atom. The summed E-state index contributed by atoms with van der Waals surface area (Å²) in [5, 5.41) is 7.89. The summed E-state index contributed by atoms with van der Waals surface area (Å²) in [6.45, 7) is 7.99. The summed E-state index contributed by atoms with van der Waals surface area (Å²) in [5.41, 5.74) is 0.176. The third kappa shape index (κ3) is 70.1. The Hall–Kier alpha value is -0.960. The molecule has 0 rings (SSSR count). The first-order valence-electron chi connectivity index (χ1n) is 4.59. The smallest absolute Gasteiger partial charge is 0.394 e. The van der Waals surface area contributed by atoms with Crippen molar-refractivity contribution in [2.45, 2.75) is 13.8 Å². The number of carboxylic acid groups (broad SMARTS) is 1. The van der Waals surface area contributed by atoms with Crippen molar-refractivity contribution < 1.29 is 31.9 Å². The predicted octanol–water partition coefficient (Wildman–Crippen LogP) is 0.707. The molecule has 0 unspecified atom stereocenters. The van der Waals surface area contributed by atoms with Gasteiger partial charge in [-0.15, -0.1) is 0 Å². The van der Waals surface area contributed by atoms with Crippen LogP contribution in [0, 0.1) is 0 Å². The lowest BCUT2D eigenvalue weighted by atomic mass is 10.4. The molecule has 0 aromatic heterocycles. The molecule has 0 aromatic carbocycles. The molecule has 0 saturated carbocycles. The van der Waals surface area contributed by atoms with Gasteiger partial charge in [0.25, 0.3) is 0 Å². The maximum atomic E-state index is 9.60. The fourth-order valence-electron chi connectivity index (χ4n) is 0. The van der Waals surface area contributed by atoms with Gasteiger partial charge in [0.1, 0.15) is 0 Å². The molecular formula is C9H22NO6S+. The highest BCUT2D eigenvalue weighted by molar-refractivity contribution is 7.79. The molecule has 104 valence electrons. The molecule has 0 aliphatic rings. The molecule has 0 aliphatic heterocycles. The van der Waals surface area contributed by atoms with Crippen LogP contribution in [0.5, 0.6) is 0 Å². The number of carbonyl (C=O) groups is 1. The number of aliphatic carboxylic acids is 1. The minimum absolute atomic E-state index is 0.176. The van der Waals surface area contributed by atoms with E-state index < -0.39 is 16.4 Å². The average molecular weight is 272 g/mol. The number of hydrogen-bond donors (Lipinski definition) is 3. The number of rotatable bonds is 2. The maximum absolute atomic E-state index is 9.60. The summed E-state index contributed by atoms with van der Waals surface area (Å²) in [7, 11) is 1.88. The monoisotopic (exact) mass is 272 g/mol. The molecule has 0 spiro atoms. The molecule has 7 nitrogen and oxygen atoms in total. The largest absolute Gasteiger partial charge is 0.478 e. The van der Waals surface area contributed by atoms with Gasteiger partial charge in [0.05, 0.1) is 27.7 Å². The SMILES string of the molecule is C=C(C)C(=O)O.CC[N+](C)(C)C.O=S(=O)(O)O. The van der Waals surface area contributed by atoms with Crippen LogP contribution in [0.4, 0.5) is 0 Å². The van der Waals surface area contributed by atoms with Gasteiger partial charge in [-0.25, -0.2) is 4.79 Å². The molecule has 17 heavy (non-hydrogen) atoms.